The largest absolute Gasteiger partial charge is 0.496 e. The van der Waals surface area contributed by atoms with E-state index in [2.05, 4.69) is 20.7 Å². The Bertz CT molecular complexity index is 938. The van der Waals surface area contributed by atoms with Crippen molar-refractivity contribution in [2.24, 2.45) is 0 Å². The van der Waals surface area contributed by atoms with Gasteiger partial charge in [0.2, 0.25) is 0 Å². The Kier molecular flexibility index (Phi) is 5.06. The van der Waals surface area contributed by atoms with Gasteiger partial charge in [0.15, 0.2) is 0 Å². The number of rotatable bonds is 5. The molecule has 1 aromatic heterocycles. The van der Waals surface area contributed by atoms with Gasteiger partial charge in [-0.15, -0.1) is 15.0 Å². The van der Waals surface area contributed by atoms with Gasteiger partial charge < -0.3 is 10.1 Å². The maximum atomic E-state index is 12.6. The predicted molar refractivity (Wildman–Crippen MR) is 88.3 cm³/mol. The van der Waals surface area contributed by atoms with E-state index in [-0.39, 0.29) is 18.1 Å². The Balaban J connectivity index is 1.69. The maximum Gasteiger partial charge on any atom is 0.416 e. The van der Waals surface area contributed by atoms with Crippen molar-refractivity contribution in [3.63, 3.8) is 0 Å². The minimum Gasteiger partial charge on any atom is -0.496 e. The standard InChI is InChI=1S/C17H14F3N5O2/c1-27-14-5-3-2-4-11(14)10-21-16(26)15-22-24-25(23-15)13-8-6-12(7-9-13)17(18,19)20/h2-9H,10H2,1H3,(H,21,26). The van der Waals surface area contributed by atoms with Crippen LogP contribution in [0.25, 0.3) is 5.69 Å². The predicted octanol–water partition coefficient (Wildman–Crippen LogP) is 2.62. The summed E-state index contributed by atoms with van der Waals surface area (Å²) in [7, 11) is 1.53. The molecule has 1 N–H and O–H groups in total. The quantitative estimate of drug-likeness (QED) is 0.739. The molecule has 0 fully saturated rings. The lowest BCUT2D eigenvalue weighted by atomic mass is 10.2. The molecule has 0 atom stereocenters. The molecule has 2 aromatic carbocycles. The Morgan fingerprint density at radius 1 is 1.15 bits per heavy atom. The Labute approximate surface area is 151 Å². The summed E-state index contributed by atoms with van der Waals surface area (Å²) in [4.78, 5) is 13.2. The fourth-order valence-corrected chi connectivity index (χ4v) is 2.30. The van der Waals surface area contributed by atoms with Crippen LogP contribution >= 0.6 is 0 Å². The van der Waals surface area contributed by atoms with Crippen LogP contribution in [-0.2, 0) is 12.7 Å². The molecule has 140 valence electrons. The molecule has 0 saturated carbocycles. The SMILES string of the molecule is COc1ccccc1CNC(=O)c1nnn(-c2ccc(C(F)(F)F)cc2)n1. The van der Waals surface area contributed by atoms with Crippen molar-refractivity contribution in [3.8, 4) is 11.4 Å². The van der Waals surface area contributed by atoms with Gasteiger partial charge in [-0.3, -0.25) is 4.79 Å². The van der Waals surface area contributed by atoms with Gasteiger partial charge in [-0.2, -0.15) is 13.2 Å². The lowest BCUT2D eigenvalue weighted by Crippen LogP contribution is -2.24. The molecule has 3 rings (SSSR count). The number of para-hydroxylation sites is 1. The molecule has 0 saturated heterocycles. The van der Waals surface area contributed by atoms with E-state index in [0.29, 0.717) is 5.75 Å². The monoisotopic (exact) mass is 377 g/mol. The molecule has 0 spiro atoms. The minimum absolute atomic E-state index is 0.192. The van der Waals surface area contributed by atoms with Gasteiger partial charge in [-0.25, -0.2) is 0 Å². The molecule has 0 aliphatic carbocycles. The first-order valence-electron chi connectivity index (χ1n) is 7.76. The molecule has 0 bridgehead atoms. The van der Waals surface area contributed by atoms with Gasteiger partial charge >= 0.3 is 6.18 Å². The number of alkyl halides is 3. The normalized spacial score (nSPS) is 11.3. The number of carbonyl (C=O) groups is 1. The van der Waals surface area contributed by atoms with E-state index in [0.717, 1.165) is 22.5 Å². The van der Waals surface area contributed by atoms with Crippen molar-refractivity contribution < 1.29 is 22.7 Å². The van der Waals surface area contributed by atoms with E-state index in [1.54, 1.807) is 18.2 Å². The van der Waals surface area contributed by atoms with Crippen molar-refractivity contribution in [1.82, 2.24) is 25.5 Å². The van der Waals surface area contributed by atoms with Gasteiger partial charge in [0.05, 0.1) is 18.4 Å². The number of tetrazole rings is 1. The van der Waals surface area contributed by atoms with Crippen LogP contribution in [0.15, 0.2) is 48.5 Å². The summed E-state index contributed by atoms with van der Waals surface area (Å²) in [6.07, 6.45) is -4.43. The highest BCUT2D eigenvalue weighted by atomic mass is 19.4. The number of nitrogens with one attached hydrogen (secondary N) is 1. The number of hydrogen-bond donors (Lipinski definition) is 1. The fraction of sp³-hybridized carbons (Fsp3) is 0.176. The van der Waals surface area contributed by atoms with E-state index in [1.165, 1.54) is 19.2 Å². The lowest BCUT2D eigenvalue weighted by molar-refractivity contribution is -0.137. The summed E-state index contributed by atoms with van der Waals surface area (Å²) >= 11 is 0. The summed E-state index contributed by atoms with van der Waals surface area (Å²) in [6.45, 7) is 0.192. The number of ether oxygens (including phenoxy) is 1. The molecule has 0 unspecified atom stereocenters. The van der Waals surface area contributed by atoms with Crippen LogP contribution in [-0.4, -0.2) is 33.2 Å². The number of halogens is 3. The molecule has 0 aliphatic heterocycles. The topological polar surface area (TPSA) is 81.9 Å². The van der Waals surface area contributed by atoms with E-state index < -0.39 is 17.6 Å². The van der Waals surface area contributed by atoms with Gasteiger partial charge in [-0.05, 0) is 35.5 Å². The molecular formula is C17H14F3N5O2. The zero-order valence-corrected chi connectivity index (χ0v) is 14.1. The summed E-state index contributed by atoms with van der Waals surface area (Å²) < 4.78 is 43.0. The summed E-state index contributed by atoms with van der Waals surface area (Å²) in [5.41, 5.74) is 0.226. The lowest BCUT2D eigenvalue weighted by Gasteiger charge is -2.08. The third-order valence-corrected chi connectivity index (χ3v) is 3.67. The average molecular weight is 377 g/mol. The molecular weight excluding hydrogens is 363 g/mol. The molecule has 7 nitrogen and oxygen atoms in total. The maximum absolute atomic E-state index is 12.6. The minimum atomic E-state index is -4.43. The highest BCUT2D eigenvalue weighted by Crippen LogP contribution is 2.29. The van der Waals surface area contributed by atoms with Crippen molar-refractivity contribution >= 4 is 5.91 Å². The summed E-state index contributed by atoms with van der Waals surface area (Å²) in [5, 5.41) is 13.9. The van der Waals surface area contributed by atoms with Crippen molar-refractivity contribution in [3.05, 3.63) is 65.5 Å². The van der Waals surface area contributed by atoms with Gasteiger partial charge in [0.1, 0.15) is 5.75 Å². The second kappa shape index (κ2) is 7.44. The van der Waals surface area contributed by atoms with E-state index in [4.69, 9.17) is 4.74 Å². The number of methoxy groups -OCH3 is 1. The highest BCUT2D eigenvalue weighted by Gasteiger charge is 2.30. The van der Waals surface area contributed by atoms with Crippen LogP contribution in [0.4, 0.5) is 13.2 Å². The first-order valence-corrected chi connectivity index (χ1v) is 7.76. The zero-order chi connectivity index (χ0) is 19.4. The average Bonchev–Trinajstić information content (AvgIpc) is 3.16. The zero-order valence-electron chi connectivity index (χ0n) is 14.1. The number of carbonyl (C=O) groups excluding carboxylic acids is 1. The fourth-order valence-electron chi connectivity index (χ4n) is 2.30. The molecule has 1 amide bonds. The molecule has 27 heavy (non-hydrogen) atoms. The second-order valence-corrected chi connectivity index (χ2v) is 5.44. The molecule has 0 radical (unpaired) electrons. The number of hydrogen-bond acceptors (Lipinski definition) is 5. The Morgan fingerprint density at radius 2 is 1.85 bits per heavy atom. The third kappa shape index (κ3) is 4.22. The number of benzene rings is 2. The second-order valence-electron chi connectivity index (χ2n) is 5.44. The third-order valence-electron chi connectivity index (χ3n) is 3.67. The van der Waals surface area contributed by atoms with E-state index in [1.807, 2.05) is 6.07 Å². The van der Waals surface area contributed by atoms with Crippen LogP contribution in [0, 0.1) is 0 Å². The molecule has 0 aliphatic rings. The summed E-state index contributed by atoms with van der Waals surface area (Å²) in [5.74, 6) is -0.150. The number of aromatic nitrogens is 4. The van der Waals surface area contributed by atoms with Crippen LogP contribution in [0.2, 0.25) is 0 Å². The molecule has 1 heterocycles. The number of nitrogens with zero attached hydrogens (tertiary/aromatic N) is 4. The van der Waals surface area contributed by atoms with Crippen molar-refractivity contribution in [1.29, 1.82) is 0 Å². The van der Waals surface area contributed by atoms with E-state index in [9.17, 15) is 18.0 Å². The Hall–Kier alpha value is -3.43. The van der Waals surface area contributed by atoms with Crippen LogP contribution in [0.5, 0.6) is 5.75 Å². The van der Waals surface area contributed by atoms with Crippen LogP contribution in [0.1, 0.15) is 21.7 Å². The first kappa shape index (κ1) is 18.4. The van der Waals surface area contributed by atoms with Crippen LogP contribution in [0.3, 0.4) is 0 Å². The van der Waals surface area contributed by atoms with Crippen molar-refractivity contribution in [2.45, 2.75) is 12.7 Å². The molecule has 3 aromatic rings. The first-order chi connectivity index (χ1) is 12.9. The molecule has 10 heteroatoms. The van der Waals surface area contributed by atoms with Crippen LogP contribution < -0.4 is 10.1 Å². The van der Waals surface area contributed by atoms with Crippen molar-refractivity contribution in [2.75, 3.05) is 7.11 Å². The summed E-state index contributed by atoms with van der Waals surface area (Å²) in [6, 6.07) is 11.4. The highest BCUT2D eigenvalue weighted by molar-refractivity contribution is 5.90. The number of amides is 1. The Morgan fingerprint density at radius 3 is 2.52 bits per heavy atom. The van der Waals surface area contributed by atoms with Gasteiger partial charge in [0.25, 0.3) is 11.7 Å². The van der Waals surface area contributed by atoms with E-state index >= 15 is 0 Å². The van der Waals surface area contributed by atoms with Gasteiger partial charge in [-0.1, -0.05) is 18.2 Å². The smallest absolute Gasteiger partial charge is 0.416 e. The van der Waals surface area contributed by atoms with Gasteiger partial charge in [0, 0.05) is 12.1 Å².